The Bertz CT molecular complexity index is 589. The molecule has 0 atom stereocenters. The van der Waals surface area contributed by atoms with Crippen molar-refractivity contribution in [1.82, 2.24) is 0 Å². The molecule has 2 rings (SSSR count). The summed E-state index contributed by atoms with van der Waals surface area (Å²) in [7, 11) is 1.61. The van der Waals surface area contributed by atoms with Gasteiger partial charge in [0.2, 0.25) is 0 Å². The topological polar surface area (TPSA) is 55.8 Å². The molecule has 0 radical (unpaired) electrons. The van der Waals surface area contributed by atoms with E-state index in [1.165, 1.54) is 6.07 Å². The van der Waals surface area contributed by atoms with Crippen molar-refractivity contribution in [2.24, 2.45) is 0 Å². The van der Waals surface area contributed by atoms with Crippen molar-refractivity contribution in [2.75, 3.05) is 7.11 Å². The van der Waals surface area contributed by atoms with E-state index in [2.05, 4.69) is 0 Å². The Morgan fingerprint density at radius 1 is 1.37 bits per heavy atom. The van der Waals surface area contributed by atoms with E-state index in [0.717, 1.165) is 28.2 Å². The van der Waals surface area contributed by atoms with Crippen molar-refractivity contribution < 1.29 is 19.4 Å². The number of carbonyl (C=O) groups is 1. The van der Waals surface area contributed by atoms with Gasteiger partial charge >= 0.3 is 5.97 Å². The van der Waals surface area contributed by atoms with Crippen LogP contribution in [0, 0.1) is 6.92 Å². The van der Waals surface area contributed by atoms with Crippen molar-refractivity contribution in [3.63, 3.8) is 0 Å². The molecule has 100 valence electrons. The number of rotatable bonds is 5. The van der Waals surface area contributed by atoms with Crippen LogP contribution in [0.25, 0.3) is 0 Å². The monoisotopic (exact) mass is 278 g/mol. The smallest absolute Gasteiger partial charge is 0.346 e. The van der Waals surface area contributed by atoms with Crippen molar-refractivity contribution >= 4 is 17.3 Å². The zero-order valence-electron chi connectivity index (χ0n) is 10.7. The van der Waals surface area contributed by atoms with Gasteiger partial charge in [-0.25, -0.2) is 4.79 Å². The fraction of sp³-hybridized carbons (Fsp3) is 0.214. The fourth-order valence-corrected chi connectivity index (χ4v) is 2.35. The standard InChI is InChI=1S/C14H14O4S/c1-9-3-4-12(17-2)10(5-9)7-18-11-6-13(14(15)16)19-8-11/h3-6,8H,7H2,1-2H3,(H,15,16). The molecule has 0 saturated carbocycles. The molecular weight excluding hydrogens is 264 g/mol. The summed E-state index contributed by atoms with van der Waals surface area (Å²) in [4.78, 5) is 11.0. The van der Waals surface area contributed by atoms with E-state index in [4.69, 9.17) is 14.6 Å². The van der Waals surface area contributed by atoms with Gasteiger partial charge in [-0.2, -0.15) is 0 Å². The molecule has 0 fully saturated rings. The molecule has 0 aliphatic heterocycles. The molecule has 0 aliphatic rings. The van der Waals surface area contributed by atoms with Crippen LogP contribution in [-0.2, 0) is 6.61 Å². The lowest BCUT2D eigenvalue weighted by Gasteiger charge is -2.10. The number of methoxy groups -OCH3 is 1. The van der Waals surface area contributed by atoms with Gasteiger partial charge in [0.15, 0.2) is 0 Å². The van der Waals surface area contributed by atoms with Crippen LogP contribution in [0.2, 0.25) is 0 Å². The first-order chi connectivity index (χ1) is 9.10. The maximum Gasteiger partial charge on any atom is 0.346 e. The van der Waals surface area contributed by atoms with Gasteiger partial charge in [0.1, 0.15) is 23.0 Å². The first-order valence-electron chi connectivity index (χ1n) is 5.68. The van der Waals surface area contributed by atoms with E-state index >= 15 is 0 Å². The largest absolute Gasteiger partial charge is 0.496 e. The Morgan fingerprint density at radius 3 is 2.79 bits per heavy atom. The minimum Gasteiger partial charge on any atom is -0.496 e. The van der Waals surface area contributed by atoms with E-state index in [0.29, 0.717) is 12.4 Å². The molecule has 4 nitrogen and oxygen atoms in total. The summed E-state index contributed by atoms with van der Waals surface area (Å²) < 4.78 is 10.8. The first kappa shape index (κ1) is 13.4. The Kier molecular flexibility index (Phi) is 4.06. The van der Waals surface area contributed by atoms with E-state index in [9.17, 15) is 4.79 Å². The van der Waals surface area contributed by atoms with Gasteiger partial charge in [-0.3, -0.25) is 0 Å². The second-order valence-corrected chi connectivity index (χ2v) is 4.97. The Balaban J connectivity index is 2.09. The Hall–Kier alpha value is -2.01. The second kappa shape index (κ2) is 5.75. The number of thiophene rings is 1. The van der Waals surface area contributed by atoms with Crippen LogP contribution >= 0.6 is 11.3 Å². The van der Waals surface area contributed by atoms with Gasteiger partial charge in [-0.15, -0.1) is 11.3 Å². The van der Waals surface area contributed by atoms with Crippen LogP contribution in [0.5, 0.6) is 11.5 Å². The Morgan fingerprint density at radius 2 is 2.16 bits per heavy atom. The third-order valence-corrected chi connectivity index (χ3v) is 3.51. The summed E-state index contributed by atoms with van der Waals surface area (Å²) in [6, 6.07) is 7.37. The minimum atomic E-state index is -0.937. The molecule has 1 aromatic heterocycles. The molecule has 0 unspecified atom stereocenters. The third-order valence-electron chi connectivity index (χ3n) is 2.62. The van der Waals surface area contributed by atoms with Crippen LogP contribution in [0.15, 0.2) is 29.6 Å². The summed E-state index contributed by atoms with van der Waals surface area (Å²) in [5, 5.41) is 10.5. The summed E-state index contributed by atoms with van der Waals surface area (Å²) in [5.74, 6) is 0.387. The predicted octanol–water partition coefficient (Wildman–Crippen LogP) is 3.34. The highest BCUT2D eigenvalue weighted by molar-refractivity contribution is 7.12. The number of benzene rings is 1. The lowest BCUT2D eigenvalue weighted by molar-refractivity contribution is 0.0702. The number of aromatic carboxylic acids is 1. The molecule has 0 amide bonds. The molecule has 2 aromatic rings. The van der Waals surface area contributed by atoms with E-state index in [1.54, 1.807) is 12.5 Å². The molecule has 0 saturated heterocycles. The maximum atomic E-state index is 10.8. The van der Waals surface area contributed by atoms with Crippen LogP contribution in [0.3, 0.4) is 0 Å². The fourth-order valence-electron chi connectivity index (χ4n) is 1.69. The van der Waals surface area contributed by atoms with E-state index in [-0.39, 0.29) is 4.88 Å². The highest BCUT2D eigenvalue weighted by Crippen LogP contribution is 2.25. The maximum absolute atomic E-state index is 10.8. The van der Waals surface area contributed by atoms with Crippen molar-refractivity contribution in [3.05, 3.63) is 45.6 Å². The highest BCUT2D eigenvalue weighted by atomic mass is 32.1. The lowest BCUT2D eigenvalue weighted by Crippen LogP contribution is -1.99. The Labute approximate surface area is 115 Å². The zero-order valence-corrected chi connectivity index (χ0v) is 11.5. The average Bonchev–Trinajstić information content (AvgIpc) is 2.85. The SMILES string of the molecule is COc1ccc(C)cc1COc1csc(C(=O)O)c1. The number of aryl methyl sites for hydroxylation is 1. The predicted molar refractivity (Wildman–Crippen MR) is 73.3 cm³/mol. The molecule has 0 spiro atoms. The van der Waals surface area contributed by atoms with Crippen molar-refractivity contribution in [3.8, 4) is 11.5 Å². The van der Waals surface area contributed by atoms with Gasteiger partial charge in [0.05, 0.1) is 7.11 Å². The van der Waals surface area contributed by atoms with Gasteiger partial charge in [0.25, 0.3) is 0 Å². The molecule has 0 aliphatic carbocycles. The summed E-state index contributed by atoms with van der Waals surface area (Å²) in [6.45, 7) is 2.34. The van der Waals surface area contributed by atoms with Crippen LogP contribution in [0.4, 0.5) is 0 Å². The first-order valence-corrected chi connectivity index (χ1v) is 6.56. The average molecular weight is 278 g/mol. The summed E-state index contributed by atoms with van der Waals surface area (Å²) in [6.07, 6.45) is 0. The van der Waals surface area contributed by atoms with E-state index in [1.807, 2.05) is 25.1 Å². The van der Waals surface area contributed by atoms with Gasteiger partial charge in [-0.1, -0.05) is 11.6 Å². The number of hydrogen-bond donors (Lipinski definition) is 1. The van der Waals surface area contributed by atoms with Crippen molar-refractivity contribution in [1.29, 1.82) is 0 Å². The zero-order chi connectivity index (χ0) is 13.8. The lowest BCUT2D eigenvalue weighted by atomic mass is 10.1. The van der Waals surface area contributed by atoms with Crippen LogP contribution in [0.1, 0.15) is 20.8 Å². The molecule has 1 N–H and O–H groups in total. The second-order valence-electron chi connectivity index (χ2n) is 4.06. The molecule has 1 aromatic carbocycles. The molecular formula is C14H14O4S. The van der Waals surface area contributed by atoms with Crippen molar-refractivity contribution in [2.45, 2.75) is 13.5 Å². The number of hydrogen-bond acceptors (Lipinski definition) is 4. The van der Waals surface area contributed by atoms with Gasteiger partial charge < -0.3 is 14.6 Å². The minimum absolute atomic E-state index is 0.270. The number of carboxylic acid groups (broad SMARTS) is 1. The van der Waals surface area contributed by atoms with Gasteiger partial charge in [-0.05, 0) is 19.1 Å². The van der Waals surface area contributed by atoms with Gasteiger partial charge in [0, 0.05) is 17.0 Å². The molecule has 5 heteroatoms. The summed E-state index contributed by atoms with van der Waals surface area (Å²) in [5.41, 5.74) is 2.06. The number of carboxylic acids is 1. The van der Waals surface area contributed by atoms with Crippen LogP contribution < -0.4 is 9.47 Å². The molecule has 19 heavy (non-hydrogen) atoms. The number of ether oxygens (including phenoxy) is 2. The highest BCUT2D eigenvalue weighted by Gasteiger charge is 2.09. The quantitative estimate of drug-likeness (QED) is 0.911. The normalized spacial score (nSPS) is 10.2. The molecule has 1 heterocycles. The summed E-state index contributed by atoms with van der Waals surface area (Å²) >= 11 is 1.15. The molecule has 0 bridgehead atoms. The third kappa shape index (κ3) is 3.26. The van der Waals surface area contributed by atoms with Crippen LogP contribution in [-0.4, -0.2) is 18.2 Å². The van der Waals surface area contributed by atoms with E-state index < -0.39 is 5.97 Å².